The molecule has 0 aliphatic heterocycles. The maximum atomic E-state index is 3.62. The Labute approximate surface area is 158 Å². The van der Waals surface area contributed by atoms with Crippen LogP contribution in [-0.4, -0.2) is 10.4 Å². The first-order valence-electron chi connectivity index (χ1n) is 9.78. The Morgan fingerprint density at radius 3 is 2.70 bits per heavy atom. The number of aromatic nitrogens is 2. The molecule has 5 rings (SSSR count). The van der Waals surface area contributed by atoms with Crippen LogP contribution in [0.1, 0.15) is 26.7 Å². The number of pyridine rings is 2. The number of rotatable bonds is 4. The summed E-state index contributed by atoms with van der Waals surface area (Å²) in [6.45, 7) is 4.48. The van der Waals surface area contributed by atoms with Gasteiger partial charge in [0.2, 0.25) is 0 Å². The van der Waals surface area contributed by atoms with Crippen molar-refractivity contribution >= 4 is 38.7 Å². The van der Waals surface area contributed by atoms with E-state index in [1.165, 1.54) is 51.5 Å². The summed E-state index contributed by atoms with van der Waals surface area (Å²) in [5, 5.41) is 6.13. The van der Waals surface area contributed by atoms with Gasteiger partial charge in [0.05, 0.1) is 0 Å². The number of hydrogen-bond donors (Lipinski definition) is 1. The maximum Gasteiger partial charge on any atom is 0.292 e. The molecule has 0 saturated carbocycles. The molecule has 134 valence electrons. The molecule has 3 heterocycles. The van der Waals surface area contributed by atoms with Crippen molar-refractivity contribution < 1.29 is 4.40 Å². The summed E-state index contributed by atoms with van der Waals surface area (Å²) < 4.78 is 4.64. The van der Waals surface area contributed by atoms with Crippen LogP contribution in [0.4, 0.5) is 5.69 Å². The van der Waals surface area contributed by atoms with E-state index in [1.807, 2.05) is 0 Å². The minimum absolute atomic E-state index is 0.491. The van der Waals surface area contributed by atoms with Gasteiger partial charge >= 0.3 is 0 Å². The highest BCUT2D eigenvalue weighted by Crippen LogP contribution is 2.24. The van der Waals surface area contributed by atoms with E-state index in [2.05, 4.69) is 101 Å². The predicted molar refractivity (Wildman–Crippen MR) is 114 cm³/mol. The molecule has 5 aromatic rings. The van der Waals surface area contributed by atoms with Gasteiger partial charge in [0.25, 0.3) is 5.65 Å². The van der Waals surface area contributed by atoms with Gasteiger partial charge in [0, 0.05) is 28.6 Å². The summed E-state index contributed by atoms with van der Waals surface area (Å²) in [7, 11) is 0. The average Bonchev–Trinajstić information content (AvgIpc) is 3.07. The normalized spacial score (nSPS) is 13.0. The zero-order chi connectivity index (χ0) is 18.4. The zero-order valence-corrected chi connectivity index (χ0v) is 15.8. The van der Waals surface area contributed by atoms with Gasteiger partial charge in [0.15, 0.2) is 5.52 Å². The van der Waals surface area contributed by atoms with Crippen molar-refractivity contribution in [3.63, 3.8) is 0 Å². The number of benzene rings is 2. The summed E-state index contributed by atoms with van der Waals surface area (Å²) >= 11 is 0. The van der Waals surface area contributed by atoms with Gasteiger partial charge in [-0.1, -0.05) is 31.5 Å². The first-order chi connectivity index (χ1) is 13.2. The lowest BCUT2D eigenvalue weighted by molar-refractivity contribution is -0.479. The Hall–Kier alpha value is -3.07. The molecule has 0 aliphatic rings. The van der Waals surface area contributed by atoms with E-state index in [0.717, 1.165) is 0 Å². The fourth-order valence-electron chi connectivity index (χ4n) is 4.18. The first-order valence-corrected chi connectivity index (χ1v) is 9.78. The molecule has 2 aromatic carbocycles. The van der Waals surface area contributed by atoms with E-state index in [4.69, 9.17) is 0 Å². The third-order valence-corrected chi connectivity index (χ3v) is 5.44. The molecule has 0 bridgehead atoms. The van der Waals surface area contributed by atoms with Crippen LogP contribution in [0.15, 0.2) is 72.9 Å². The van der Waals surface area contributed by atoms with Gasteiger partial charge in [-0.3, -0.25) is 0 Å². The Morgan fingerprint density at radius 2 is 1.81 bits per heavy atom. The van der Waals surface area contributed by atoms with Crippen LogP contribution >= 0.6 is 0 Å². The number of fused-ring (bicyclic) bond motifs is 7. The van der Waals surface area contributed by atoms with Crippen LogP contribution in [0.2, 0.25) is 0 Å². The zero-order valence-electron chi connectivity index (χ0n) is 15.8. The van der Waals surface area contributed by atoms with Gasteiger partial charge in [-0.05, 0) is 55.8 Å². The van der Waals surface area contributed by atoms with Crippen LogP contribution in [0.3, 0.4) is 0 Å². The number of hydrogen-bond acceptors (Lipinski definition) is 1. The lowest BCUT2D eigenvalue weighted by Gasteiger charge is -2.14. The summed E-state index contributed by atoms with van der Waals surface area (Å²) in [6, 6.07) is 24.6. The molecular weight excluding hydrogens is 330 g/mol. The standard InChI is InChI=1S/C24H24N3/c1-3-6-17(2)25-20-11-13-23-19(15-20)9-12-21-16-26-22-8-5-4-7-18(22)10-14-24(26)27(21)23/h4-5,7-17,25H,3,6H2,1-2H3/q+1. The highest BCUT2D eigenvalue weighted by Gasteiger charge is 2.16. The van der Waals surface area contributed by atoms with Crippen LogP contribution in [0, 0.1) is 0 Å². The van der Waals surface area contributed by atoms with Crippen LogP contribution in [-0.2, 0) is 0 Å². The maximum absolute atomic E-state index is 3.62. The van der Waals surface area contributed by atoms with E-state index >= 15 is 0 Å². The smallest absolute Gasteiger partial charge is 0.292 e. The predicted octanol–water partition coefficient (Wildman–Crippen LogP) is 5.58. The fourth-order valence-corrected chi connectivity index (χ4v) is 4.18. The number of para-hydroxylation sites is 1. The quantitative estimate of drug-likeness (QED) is 0.418. The topological polar surface area (TPSA) is 20.5 Å². The van der Waals surface area contributed by atoms with E-state index in [0.29, 0.717) is 6.04 Å². The second-order valence-electron chi connectivity index (χ2n) is 7.45. The van der Waals surface area contributed by atoms with Gasteiger partial charge in [-0.2, -0.15) is 8.80 Å². The Morgan fingerprint density at radius 1 is 0.963 bits per heavy atom. The van der Waals surface area contributed by atoms with Gasteiger partial charge in [-0.15, -0.1) is 0 Å². The third kappa shape index (κ3) is 2.62. The summed E-state index contributed by atoms with van der Waals surface area (Å²) in [4.78, 5) is 0. The lowest BCUT2D eigenvalue weighted by Crippen LogP contribution is -2.19. The monoisotopic (exact) mass is 354 g/mol. The first kappa shape index (κ1) is 16.1. The number of nitrogens with zero attached hydrogens (tertiary/aromatic N) is 2. The second kappa shape index (κ2) is 6.27. The highest BCUT2D eigenvalue weighted by molar-refractivity contribution is 5.88. The molecule has 3 nitrogen and oxygen atoms in total. The van der Waals surface area contributed by atoms with Crippen molar-refractivity contribution in [1.29, 1.82) is 0 Å². The van der Waals surface area contributed by atoms with Crippen LogP contribution in [0.25, 0.3) is 33.0 Å². The Balaban J connectivity index is 1.73. The number of nitrogens with one attached hydrogen (secondary N) is 1. The number of anilines is 1. The van der Waals surface area contributed by atoms with Crippen LogP contribution < -0.4 is 9.72 Å². The molecule has 3 heteroatoms. The molecule has 1 atom stereocenters. The molecule has 1 N–H and O–H groups in total. The van der Waals surface area contributed by atoms with Crippen molar-refractivity contribution in [2.45, 2.75) is 32.7 Å². The van der Waals surface area contributed by atoms with E-state index < -0.39 is 0 Å². The van der Waals surface area contributed by atoms with Gasteiger partial charge in [0.1, 0.15) is 17.2 Å². The Kier molecular flexibility index (Phi) is 3.75. The summed E-state index contributed by atoms with van der Waals surface area (Å²) in [5.74, 6) is 0. The van der Waals surface area contributed by atoms with Crippen molar-refractivity contribution in [3.8, 4) is 0 Å². The molecule has 0 amide bonds. The van der Waals surface area contributed by atoms with Crippen molar-refractivity contribution in [2.75, 3.05) is 5.32 Å². The van der Waals surface area contributed by atoms with E-state index in [1.54, 1.807) is 0 Å². The molecule has 0 aliphatic carbocycles. The molecule has 0 radical (unpaired) electrons. The fraction of sp³-hybridized carbons (Fsp3) is 0.208. The van der Waals surface area contributed by atoms with Crippen molar-refractivity contribution in [2.24, 2.45) is 0 Å². The summed E-state index contributed by atoms with van der Waals surface area (Å²) in [5.41, 5.74) is 6.06. The molecule has 1 unspecified atom stereocenters. The SMILES string of the molecule is CCCC(C)Nc1ccc2c(ccc3c[n+]4c5ccccc5ccc4n32)c1. The largest absolute Gasteiger partial charge is 0.383 e. The van der Waals surface area contributed by atoms with Crippen molar-refractivity contribution in [3.05, 3.63) is 72.9 Å². The molecule has 27 heavy (non-hydrogen) atoms. The average molecular weight is 354 g/mol. The lowest BCUT2D eigenvalue weighted by atomic mass is 10.1. The van der Waals surface area contributed by atoms with Gasteiger partial charge in [-0.25, -0.2) is 0 Å². The van der Waals surface area contributed by atoms with Crippen molar-refractivity contribution in [1.82, 2.24) is 4.40 Å². The van der Waals surface area contributed by atoms with E-state index in [-0.39, 0.29) is 0 Å². The highest BCUT2D eigenvalue weighted by atomic mass is 15.1. The Bertz CT molecular complexity index is 1280. The third-order valence-electron chi connectivity index (χ3n) is 5.44. The molecular formula is C24H24N3+. The molecule has 0 fully saturated rings. The number of imidazole rings is 1. The molecule has 3 aromatic heterocycles. The minimum atomic E-state index is 0.491. The van der Waals surface area contributed by atoms with E-state index in [9.17, 15) is 0 Å². The van der Waals surface area contributed by atoms with Crippen LogP contribution in [0.5, 0.6) is 0 Å². The summed E-state index contributed by atoms with van der Waals surface area (Å²) in [6.07, 6.45) is 4.61. The second-order valence-corrected chi connectivity index (χ2v) is 7.45. The molecule has 0 saturated heterocycles. The van der Waals surface area contributed by atoms with Gasteiger partial charge < -0.3 is 5.32 Å². The minimum Gasteiger partial charge on any atom is -0.383 e. The molecule has 0 spiro atoms.